The molecule has 0 aliphatic heterocycles. The molecule has 2 aromatic rings. The van der Waals surface area contributed by atoms with E-state index in [-0.39, 0.29) is 4.90 Å². The minimum Gasteiger partial charge on any atom is -0.325 e. The van der Waals surface area contributed by atoms with Crippen LogP contribution in [0.15, 0.2) is 56.3 Å². The molecule has 0 spiro atoms. The van der Waals surface area contributed by atoms with Crippen molar-refractivity contribution in [2.75, 3.05) is 11.1 Å². The average molecular weight is 447 g/mol. The van der Waals surface area contributed by atoms with E-state index in [1.807, 2.05) is 6.92 Å². The first-order chi connectivity index (χ1) is 10.3. The van der Waals surface area contributed by atoms with Crippen molar-refractivity contribution >= 4 is 53.3 Å². The van der Waals surface area contributed by atoms with Gasteiger partial charge in [0.2, 0.25) is 5.91 Å². The second-order valence-corrected chi connectivity index (χ2v) is 8.45. The van der Waals surface area contributed by atoms with Crippen LogP contribution in [0.25, 0.3) is 0 Å². The summed E-state index contributed by atoms with van der Waals surface area (Å²) >= 11 is 6.65. The van der Waals surface area contributed by atoms with E-state index in [4.69, 9.17) is 0 Å². The summed E-state index contributed by atoms with van der Waals surface area (Å²) in [6, 6.07) is 11.6. The van der Waals surface area contributed by atoms with Gasteiger partial charge in [0.05, 0.1) is 4.90 Å². The SMILES string of the molecule is Cc1ccc(S(=O)(=O)CC(=O)Nc2ccc(Br)c(Br)c2)cc1. The normalized spacial score (nSPS) is 11.2. The smallest absolute Gasteiger partial charge is 0.239 e. The molecule has 0 saturated carbocycles. The second-order valence-electron chi connectivity index (χ2n) is 4.75. The maximum atomic E-state index is 12.2. The molecule has 1 N–H and O–H groups in total. The number of rotatable bonds is 4. The Labute approximate surface area is 146 Å². The first-order valence-electron chi connectivity index (χ1n) is 6.32. The fourth-order valence-electron chi connectivity index (χ4n) is 1.77. The topological polar surface area (TPSA) is 63.2 Å². The van der Waals surface area contributed by atoms with Gasteiger partial charge >= 0.3 is 0 Å². The zero-order chi connectivity index (χ0) is 16.3. The monoisotopic (exact) mass is 445 g/mol. The third-order valence-corrected chi connectivity index (χ3v) is 6.42. The number of hydrogen-bond acceptors (Lipinski definition) is 3. The maximum Gasteiger partial charge on any atom is 0.239 e. The molecule has 0 aliphatic rings. The molecule has 0 fully saturated rings. The number of hydrogen-bond donors (Lipinski definition) is 1. The van der Waals surface area contributed by atoms with E-state index >= 15 is 0 Å². The maximum absolute atomic E-state index is 12.2. The summed E-state index contributed by atoms with van der Waals surface area (Å²) < 4.78 is 26.0. The molecule has 116 valence electrons. The van der Waals surface area contributed by atoms with Crippen molar-refractivity contribution in [3.8, 4) is 0 Å². The average Bonchev–Trinajstić information content (AvgIpc) is 2.42. The van der Waals surface area contributed by atoms with Crippen molar-refractivity contribution in [1.29, 1.82) is 0 Å². The third-order valence-electron chi connectivity index (χ3n) is 2.90. The number of nitrogens with one attached hydrogen (secondary N) is 1. The standard InChI is InChI=1S/C15H13Br2NO3S/c1-10-2-5-12(6-3-10)22(20,21)9-15(19)18-11-4-7-13(16)14(17)8-11/h2-8H,9H2,1H3,(H,18,19). The molecule has 2 aromatic carbocycles. The molecule has 0 unspecified atom stereocenters. The van der Waals surface area contributed by atoms with Gasteiger partial charge < -0.3 is 5.32 Å². The summed E-state index contributed by atoms with van der Waals surface area (Å²) in [5.74, 6) is -1.17. The first kappa shape index (κ1) is 17.2. The van der Waals surface area contributed by atoms with Gasteiger partial charge in [-0.2, -0.15) is 0 Å². The predicted octanol–water partition coefficient (Wildman–Crippen LogP) is 3.93. The quantitative estimate of drug-likeness (QED) is 0.773. The Balaban J connectivity index is 2.10. The van der Waals surface area contributed by atoms with Gasteiger partial charge in [0.15, 0.2) is 9.84 Å². The summed E-state index contributed by atoms with van der Waals surface area (Å²) in [5, 5.41) is 2.58. The molecule has 1 amide bonds. The van der Waals surface area contributed by atoms with Crippen molar-refractivity contribution in [3.05, 3.63) is 57.0 Å². The Hall–Kier alpha value is -1.18. The van der Waals surface area contributed by atoms with Crippen molar-refractivity contribution in [1.82, 2.24) is 0 Å². The predicted molar refractivity (Wildman–Crippen MR) is 93.7 cm³/mol. The summed E-state index contributed by atoms with van der Waals surface area (Å²) in [6.45, 7) is 1.87. The van der Waals surface area contributed by atoms with Gasteiger partial charge in [-0.3, -0.25) is 4.79 Å². The number of aryl methyl sites for hydroxylation is 1. The van der Waals surface area contributed by atoms with E-state index in [9.17, 15) is 13.2 Å². The van der Waals surface area contributed by atoms with E-state index in [2.05, 4.69) is 37.2 Å². The van der Waals surface area contributed by atoms with Crippen LogP contribution < -0.4 is 5.32 Å². The highest BCUT2D eigenvalue weighted by Crippen LogP contribution is 2.26. The Kier molecular flexibility index (Phi) is 5.41. The molecule has 0 aromatic heterocycles. The van der Waals surface area contributed by atoms with Crippen LogP contribution in [0.3, 0.4) is 0 Å². The number of sulfone groups is 1. The summed E-state index contributed by atoms with van der Waals surface area (Å²) in [4.78, 5) is 12.1. The molecule has 4 nitrogen and oxygen atoms in total. The van der Waals surface area contributed by atoms with Crippen LogP contribution in [0, 0.1) is 6.92 Å². The zero-order valence-corrected chi connectivity index (χ0v) is 15.6. The van der Waals surface area contributed by atoms with Crippen molar-refractivity contribution in [2.24, 2.45) is 0 Å². The molecule has 22 heavy (non-hydrogen) atoms. The van der Waals surface area contributed by atoms with Crippen LogP contribution in [0.4, 0.5) is 5.69 Å². The molecule has 0 atom stereocenters. The van der Waals surface area contributed by atoms with E-state index in [0.29, 0.717) is 5.69 Å². The zero-order valence-electron chi connectivity index (χ0n) is 11.6. The number of carbonyl (C=O) groups is 1. The Morgan fingerprint density at radius 1 is 1.05 bits per heavy atom. The van der Waals surface area contributed by atoms with Gasteiger partial charge in [-0.1, -0.05) is 17.7 Å². The van der Waals surface area contributed by atoms with Crippen LogP contribution >= 0.6 is 31.9 Å². The summed E-state index contributed by atoms with van der Waals surface area (Å²) in [5.41, 5.74) is 1.49. The number of amides is 1. The highest BCUT2D eigenvalue weighted by Gasteiger charge is 2.19. The molecule has 0 heterocycles. The van der Waals surface area contributed by atoms with Gasteiger partial charge in [-0.05, 0) is 69.1 Å². The highest BCUT2D eigenvalue weighted by atomic mass is 79.9. The fourth-order valence-corrected chi connectivity index (χ4v) is 3.53. The number of carbonyl (C=O) groups excluding carboxylic acids is 1. The Morgan fingerprint density at radius 2 is 1.68 bits per heavy atom. The van der Waals surface area contributed by atoms with E-state index < -0.39 is 21.5 Å². The lowest BCUT2D eigenvalue weighted by atomic mass is 10.2. The Bertz CT molecular complexity index is 802. The molecule has 0 bridgehead atoms. The number of anilines is 1. The minimum atomic E-state index is -3.65. The Morgan fingerprint density at radius 3 is 2.27 bits per heavy atom. The largest absolute Gasteiger partial charge is 0.325 e. The first-order valence-corrected chi connectivity index (χ1v) is 9.56. The second kappa shape index (κ2) is 6.93. The molecule has 7 heteroatoms. The van der Waals surface area contributed by atoms with Crippen molar-refractivity contribution in [3.63, 3.8) is 0 Å². The lowest BCUT2D eigenvalue weighted by Crippen LogP contribution is -2.23. The molecule has 0 radical (unpaired) electrons. The number of halogens is 2. The van der Waals surface area contributed by atoms with Crippen molar-refractivity contribution in [2.45, 2.75) is 11.8 Å². The molecule has 0 saturated heterocycles. The van der Waals surface area contributed by atoms with Gasteiger partial charge in [-0.25, -0.2) is 8.42 Å². The summed E-state index contributed by atoms with van der Waals surface area (Å²) in [6.07, 6.45) is 0. The molecular weight excluding hydrogens is 434 g/mol. The van der Waals surface area contributed by atoms with E-state index in [1.54, 1.807) is 30.3 Å². The van der Waals surface area contributed by atoms with Crippen LogP contribution in [0.5, 0.6) is 0 Å². The van der Waals surface area contributed by atoms with Crippen LogP contribution in [0.2, 0.25) is 0 Å². The lowest BCUT2D eigenvalue weighted by Gasteiger charge is -2.08. The lowest BCUT2D eigenvalue weighted by molar-refractivity contribution is -0.113. The fraction of sp³-hybridized carbons (Fsp3) is 0.133. The minimum absolute atomic E-state index is 0.144. The van der Waals surface area contributed by atoms with Gasteiger partial charge in [0.1, 0.15) is 5.75 Å². The van der Waals surface area contributed by atoms with Crippen LogP contribution in [0.1, 0.15) is 5.56 Å². The third kappa shape index (κ3) is 4.41. The van der Waals surface area contributed by atoms with Crippen molar-refractivity contribution < 1.29 is 13.2 Å². The van der Waals surface area contributed by atoms with Gasteiger partial charge in [-0.15, -0.1) is 0 Å². The van der Waals surface area contributed by atoms with Gasteiger partial charge in [0, 0.05) is 14.6 Å². The van der Waals surface area contributed by atoms with E-state index in [1.165, 1.54) is 12.1 Å². The van der Waals surface area contributed by atoms with Crippen LogP contribution in [-0.4, -0.2) is 20.1 Å². The highest BCUT2D eigenvalue weighted by molar-refractivity contribution is 9.13. The van der Waals surface area contributed by atoms with Crippen LogP contribution in [-0.2, 0) is 14.6 Å². The van der Waals surface area contributed by atoms with Gasteiger partial charge in [0.25, 0.3) is 0 Å². The summed E-state index contributed by atoms with van der Waals surface area (Å²) in [7, 11) is -3.65. The molecule has 0 aliphatic carbocycles. The molecular formula is C15H13Br2NO3S. The molecule has 2 rings (SSSR count). The van der Waals surface area contributed by atoms with E-state index in [0.717, 1.165) is 14.5 Å². The number of benzene rings is 2.